The van der Waals surface area contributed by atoms with Crippen LogP contribution in [-0.2, 0) is 0 Å². The maximum Gasteiger partial charge on any atom is 0.143 e. The molecule has 4 heteroatoms. The maximum atomic E-state index is 6.41. The Morgan fingerprint density at radius 3 is 1.80 bits per heavy atom. The first-order valence-corrected chi connectivity index (χ1v) is 19.9. The normalized spacial score (nSPS) is 11.7. The van der Waals surface area contributed by atoms with Gasteiger partial charge in [0.05, 0.1) is 11.0 Å². The maximum absolute atomic E-state index is 6.41. The summed E-state index contributed by atoms with van der Waals surface area (Å²) in [6, 6.07) is 71.9. The van der Waals surface area contributed by atoms with Crippen molar-refractivity contribution in [2.75, 3.05) is 4.90 Å². The van der Waals surface area contributed by atoms with Crippen molar-refractivity contribution in [1.29, 1.82) is 0 Å². The largest absolute Gasteiger partial charge is 0.455 e. The Labute approximate surface area is 337 Å². The van der Waals surface area contributed by atoms with Crippen LogP contribution in [0.5, 0.6) is 0 Å². The Morgan fingerprint density at radius 2 is 1.02 bits per heavy atom. The molecule has 0 aliphatic rings. The van der Waals surface area contributed by atoms with Gasteiger partial charge in [-0.25, -0.2) is 0 Å². The number of nitrogens with zero attached hydrogens (tertiary/aromatic N) is 2. The van der Waals surface area contributed by atoms with E-state index in [2.05, 4.69) is 220 Å². The first-order valence-electron chi connectivity index (χ1n) is 18.9. The van der Waals surface area contributed by atoms with Gasteiger partial charge in [0.15, 0.2) is 0 Å². The van der Waals surface area contributed by atoms with Gasteiger partial charge in [-0.1, -0.05) is 121 Å². The summed E-state index contributed by atoms with van der Waals surface area (Å²) in [4.78, 5) is 2.34. The molecule has 0 saturated carbocycles. The molecule has 11 aromatic rings. The van der Waals surface area contributed by atoms with Crippen molar-refractivity contribution < 1.29 is 4.42 Å². The average molecular weight is 829 g/mol. The minimum atomic E-state index is 0.906. The van der Waals surface area contributed by atoms with Gasteiger partial charge < -0.3 is 13.9 Å². The van der Waals surface area contributed by atoms with Crippen molar-refractivity contribution in [2.45, 2.75) is 0 Å². The topological polar surface area (TPSA) is 21.3 Å². The lowest BCUT2D eigenvalue weighted by Gasteiger charge is -2.26. The minimum Gasteiger partial charge on any atom is -0.455 e. The summed E-state index contributed by atoms with van der Waals surface area (Å²) >= 11 is 2.46. The number of para-hydroxylation sites is 3. The van der Waals surface area contributed by atoms with Crippen LogP contribution >= 0.6 is 22.6 Å². The van der Waals surface area contributed by atoms with E-state index in [1.165, 1.54) is 47.3 Å². The molecule has 0 spiro atoms. The first kappa shape index (κ1) is 32.8. The van der Waals surface area contributed by atoms with Crippen molar-refractivity contribution in [1.82, 2.24) is 4.57 Å². The zero-order chi connectivity index (χ0) is 37.2. The summed E-state index contributed by atoms with van der Waals surface area (Å²) in [5.41, 5.74) is 13.2. The predicted molar refractivity (Wildman–Crippen MR) is 244 cm³/mol. The van der Waals surface area contributed by atoms with Crippen molar-refractivity contribution >= 4 is 94.2 Å². The number of fused-ring (bicyclic) bond motifs is 7. The monoisotopic (exact) mass is 828 g/mol. The van der Waals surface area contributed by atoms with Crippen LogP contribution in [0.3, 0.4) is 0 Å². The Morgan fingerprint density at radius 1 is 0.429 bits per heavy atom. The SMILES string of the molecule is Ic1cccc2c1c1ccccc1n2-c1ccc(N(c2ccc(-c3ccc4ccccc4c3)cc2)c2ccc(-c3cccc4c3oc3ccccc34)cc2)cc1. The average Bonchev–Trinajstić information content (AvgIpc) is 3.81. The molecule has 0 fully saturated rings. The molecule has 56 heavy (non-hydrogen) atoms. The zero-order valence-corrected chi connectivity index (χ0v) is 32.4. The van der Waals surface area contributed by atoms with Crippen LogP contribution < -0.4 is 4.90 Å². The highest BCUT2D eigenvalue weighted by atomic mass is 127. The summed E-state index contributed by atoms with van der Waals surface area (Å²) in [7, 11) is 0. The molecule has 0 amide bonds. The molecule has 0 aliphatic heterocycles. The van der Waals surface area contributed by atoms with Crippen LogP contribution in [-0.4, -0.2) is 4.57 Å². The van der Waals surface area contributed by atoms with Gasteiger partial charge in [-0.05, 0) is 129 Å². The van der Waals surface area contributed by atoms with Crippen molar-refractivity contribution in [3.63, 3.8) is 0 Å². The third-order valence-corrected chi connectivity index (χ3v) is 12.0. The fourth-order valence-electron chi connectivity index (χ4n) is 8.39. The molecular weight excluding hydrogens is 795 g/mol. The Kier molecular flexibility index (Phi) is 7.78. The number of aromatic nitrogens is 1. The Balaban J connectivity index is 1.01. The summed E-state index contributed by atoms with van der Waals surface area (Å²) in [6.45, 7) is 0. The molecule has 0 saturated heterocycles. The Hall–Kier alpha value is -6.63. The minimum absolute atomic E-state index is 0.906. The van der Waals surface area contributed by atoms with Gasteiger partial charge in [-0.15, -0.1) is 0 Å². The molecule has 0 unspecified atom stereocenters. The zero-order valence-electron chi connectivity index (χ0n) is 30.2. The number of hydrogen-bond donors (Lipinski definition) is 0. The van der Waals surface area contributed by atoms with Crippen molar-refractivity contribution in [3.05, 3.63) is 204 Å². The standard InChI is InChI=1S/C52H33IN2O/c53-47-15-8-17-49-51(47)46-12-3-5-16-48(46)55(49)42-31-29-41(30-32-42)54(39-25-21-35(22-26-39)38-20-19-34-9-1-2-10-37(34)33-38)40-27-23-36(24-28-40)43-13-7-14-45-44-11-4-6-18-50(44)56-52(43)45/h1-33H. The second kappa shape index (κ2) is 13.3. The molecule has 0 N–H and O–H groups in total. The smallest absolute Gasteiger partial charge is 0.143 e. The third-order valence-electron chi connectivity index (χ3n) is 11.1. The van der Waals surface area contributed by atoms with E-state index < -0.39 is 0 Å². The molecule has 0 atom stereocenters. The molecule has 2 heterocycles. The summed E-state index contributed by atoms with van der Waals surface area (Å²) < 4.78 is 10.1. The molecule has 11 rings (SSSR count). The molecule has 3 nitrogen and oxygen atoms in total. The lowest BCUT2D eigenvalue weighted by molar-refractivity contribution is 0.670. The quantitative estimate of drug-likeness (QED) is 0.156. The van der Waals surface area contributed by atoms with Gasteiger partial charge in [-0.3, -0.25) is 0 Å². The first-order chi connectivity index (χ1) is 27.7. The molecule has 264 valence electrons. The van der Waals surface area contributed by atoms with Gasteiger partial charge >= 0.3 is 0 Å². The van der Waals surface area contributed by atoms with Crippen LogP contribution in [0.25, 0.3) is 82.5 Å². The second-order valence-electron chi connectivity index (χ2n) is 14.3. The van der Waals surface area contributed by atoms with Crippen LogP contribution in [0.15, 0.2) is 205 Å². The number of rotatable bonds is 6. The number of furan rings is 1. The van der Waals surface area contributed by atoms with Crippen LogP contribution in [0.2, 0.25) is 0 Å². The molecule has 0 aliphatic carbocycles. The number of anilines is 3. The molecule has 0 bridgehead atoms. The summed E-state index contributed by atoms with van der Waals surface area (Å²) in [6.07, 6.45) is 0. The lowest BCUT2D eigenvalue weighted by atomic mass is 10.0. The van der Waals surface area contributed by atoms with E-state index >= 15 is 0 Å². The Bertz CT molecular complexity index is 3250. The third kappa shape index (κ3) is 5.40. The van der Waals surface area contributed by atoms with Crippen molar-refractivity contribution in [3.8, 4) is 27.9 Å². The van der Waals surface area contributed by atoms with Gasteiger partial charge in [0.2, 0.25) is 0 Å². The molecule has 9 aromatic carbocycles. The number of halogens is 1. The molecule has 2 aromatic heterocycles. The van der Waals surface area contributed by atoms with E-state index in [9.17, 15) is 0 Å². The molecular formula is C52H33IN2O. The van der Waals surface area contributed by atoms with Crippen LogP contribution in [0.1, 0.15) is 0 Å². The number of benzene rings is 9. The van der Waals surface area contributed by atoms with E-state index in [4.69, 9.17) is 4.42 Å². The van der Waals surface area contributed by atoms with E-state index in [1.54, 1.807) is 0 Å². The van der Waals surface area contributed by atoms with E-state index in [0.717, 1.165) is 55.8 Å². The summed E-state index contributed by atoms with van der Waals surface area (Å²) in [5.74, 6) is 0. The number of hydrogen-bond acceptors (Lipinski definition) is 2. The summed E-state index contributed by atoms with van der Waals surface area (Å²) in [5, 5.41) is 7.32. The molecule has 0 radical (unpaired) electrons. The van der Waals surface area contributed by atoms with E-state index in [0.29, 0.717) is 0 Å². The predicted octanol–water partition coefficient (Wildman–Crippen LogP) is 15.2. The highest BCUT2D eigenvalue weighted by Gasteiger charge is 2.18. The van der Waals surface area contributed by atoms with Gasteiger partial charge in [-0.2, -0.15) is 0 Å². The van der Waals surface area contributed by atoms with E-state index in [-0.39, 0.29) is 0 Å². The van der Waals surface area contributed by atoms with Crippen molar-refractivity contribution in [2.24, 2.45) is 0 Å². The second-order valence-corrected chi connectivity index (χ2v) is 15.4. The van der Waals surface area contributed by atoms with E-state index in [1.807, 2.05) is 12.1 Å². The highest BCUT2D eigenvalue weighted by molar-refractivity contribution is 14.1. The lowest BCUT2D eigenvalue weighted by Crippen LogP contribution is -2.10. The van der Waals surface area contributed by atoms with Gasteiger partial charge in [0, 0.05) is 53.4 Å². The van der Waals surface area contributed by atoms with Gasteiger partial charge in [0.1, 0.15) is 11.2 Å². The highest BCUT2D eigenvalue weighted by Crippen LogP contribution is 2.41. The van der Waals surface area contributed by atoms with Crippen LogP contribution in [0, 0.1) is 3.57 Å². The van der Waals surface area contributed by atoms with Gasteiger partial charge in [0.25, 0.3) is 0 Å². The van der Waals surface area contributed by atoms with Crippen LogP contribution in [0.4, 0.5) is 17.1 Å². The fraction of sp³-hybridized carbons (Fsp3) is 0. The fourth-order valence-corrected chi connectivity index (χ4v) is 9.16.